The van der Waals surface area contributed by atoms with Gasteiger partial charge in [0, 0.05) is 18.8 Å². The molecule has 0 aromatic heterocycles. The van der Waals surface area contributed by atoms with E-state index < -0.39 is 0 Å². The van der Waals surface area contributed by atoms with E-state index in [0.29, 0.717) is 5.92 Å². The molecule has 70 valence electrons. The molecule has 1 N–H and O–H groups in total. The quantitative estimate of drug-likeness (QED) is 0.669. The van der Waals surface area contributed by atoms with Gasteiger partial charge in [0.15, 0.2) is 0 Å². The van der Waals surface area contributed by atoms with Crippen LogP contribution in [0.2, 0.25) is 0 Å². The van der Waals surface area contributed by atoms with Crippen LogP contribution < -0.4 is 5.32 Å². The number of hydrogen-bond acceptors (Lipinski definition) is 2. The molecule has 0 saturated heterocycles. The summed E-state index contributed by atoms with van der Waals surface area (Å²) in [7, 11) is 1.94. The lowest BCUT2D eigenvalue weighted by atomic mass is 10.1. The second-order valence-corrected chi connectivity index (χ2v) is 2.70. The molecule has 0 aromatic rings. The largest absolute Gasteiger partial charge is 0.314 e. The second-order valence-electron chi connectivity index (χ2n) is 2.70. The lowest BCUT2D eigenvalue weighted by molar-refractivity contribution is 0.729. The first-order valence-electron chi connectivity index (χ1n) is 4.69. The molecule has 2 nitrogen and oxygen atoms in total. The molecular formula is C10H20N2. The lowest BCUT2D eigenvalue weighted by Gasteiger charge is -2.09. The second kappa shape index (κ2) is 7.04. The number of rotatable bonds is 2. The van der Waals surface area contributed by atoms with Gasteiger partial charge in [-0.15, -0.1) is 0 Å². The standard InChI is InChI=1S/C8H14N2.C2H6/c1-7-3-4-8(6-9-2)10-5-7;1-2/h3-4,7,9H,5-6H2,1-2H3;1-2H3. The van der Waals surface area contributed by atoms with Crippen LogP contribution in [0.25, 0.3) is 0 Å². The Kier molecular flexibility index (Phi) is 6.67. The number of hydrogen-bond donors (Lipinski definition) is 1. The monoisotopic (exact) mass is 168 g/mol. The molecular weight excluding hydrogens is 148 g/mol. The fourth-order valence-corrected chi connectivity index (χ4v) is 0.946. The van der Waals surface area contributed by atoms with Crippen LogP contribution in [-0.2, 0) is 0 Å². The number of dihydropyridines is 1. The highest BCUT2D eigenvalue weighted by Crippen LogP contribution is 2.03. The number of nitrogens with one attached hydrogen (secondary N) is 1. The Labute approximate surface area is 75.8 Å². The van der Waals surface area contributed by atoms with Crippen molar-refractivity contribution in [3.63, 3.8) is 0 Å². The highest BCUT2D eigenvalue weighted by molar-refractivity contribution is 5.97. The van der Waals surface area contributed by atoms with Crippen molar-refractivity contribution in [3.8, 4) is 0 Å². The van der Waals surface area contributed by atoms with E-state index in [1.165, 1.54) is 5.71 Å². The summed E-state index contributed by atoms with van der Waals surface area (Å²) in [6.07, 6.45) is 4.31. The Hall–Kier alpha value is -0.630. The molecule has 0 spiro atoms. The molecule has 2 heteroatoms. The molecule has 1 rings (SSSR count). The van der Waals surface area contributed by atoms with E-state index in [1.54, 1.807) is 0 Å². The molecule has 0 fully saturated rings. The van der Waals surface area contributed by atoms with Gasteiger partial charge in [-0.05, 0) is 19.0 Å². The van der Waals surface area contributed by atoms with Gasteiger partial charge in [0.05, 0.1) is 0 Å². The maximum atomic E-state index is 4.37. The molecule has 1 atom stereocenters. The van der Waals surface area contributed by atoms with Crippen molar-refractivity contribution in [3.05, 3.63) is 12.2 Å². The van der Waals surface area contributed by atoms with Crippen molar-refractivity contribution in [1.29, 1.82) is 0 Å². The van der Waals surface area contributed by atoms with Crippen LogP contribution in [-0.4, -0.2) is 25.8 Å². The van der Waals surface area contributed by atoms with Gasteiger partial charge in [0.2, 0.25) is 0 Å². The summed E-state index contributed by atoms with van der Waals surface area (Å²) in [5, 5.41) is 3.07. The molecule has 1 unspecified atom stereocenters. The fraction of sp³-hybridized carbons (Fsp3) is 0.700. The number of nitrogens with zero attached hydrogens (tertiary/aromatic N) is 1. The van der Waals surface area contributed by atoms with Crippen LogP contribution in [0.5, 0.6) is 0 Å². The Balaban J connectivity index is 0.000000561. The van der Waals surface area contributed by atoms with Gasteiger partial charge < -0.3 is 5.32 Å². The summed E-state index contributed by atoms with van der Waals surface area (Å²) in [5.41, 5.74) is 1.17. The zero-order valence-electron chi connectivity index (χ0n) is 8.59. The van der Waals surface area contributed by atoms with E-state index in [-0.39, 0.29) is 0 Å². The van der Waals surface area contributed by atoms with Crippen LogP contribution in [0.1, 0.15) is 20.8 Å². The van der Waals surface area contributed by atoms with E-state index in [2.05, 4.69) is 29.4 Å². The molecule has 0 bridgehead atoms. The summed E-state index contributed by atoms with van der Waals surface area (Å²) in [4.78, 5) is 4.37. The van der Waals surface area contributed by atoms with Crippen molar-refractivity contribution in [2.75, 3.05) is 20.1 Å². The minimum Gasteiger partial charge on any atom is -0.314 e. The molecule has 0 saturated carbocycles. The van der Waals surface area contributed by atoms with Gasteiger partial charge in [0.25, 0.3) is 0 Å². The van der Waals surface area contributed by atoms with E-state index >= 15 is 0 Å². The van der Waals surface area contributed by atoms with Crippen LogP contribution in [0.4, 0.5) is 0 Å². The Morgan fingerprint density at radius 1 is 1.58 bits per heavy atom. The van der Waals surface area contributed by atoms with Crippen molar-refractivity contribution in [2.45, 2.75) is 20.8 Å². The summed E-state index contributed by atoms with van der Waals surface area (Å²) in [6.45, 7) is 8.02. The topological polar surface area (TPSA) is 24.4 Å². The molecule has 0 aliphatic carbocycles. The molecule has 0 radical (unpaired) electrons. The first-order chi connectivity index (χ1) is 5.83. The highest BCUT2D eigenvalue weighted by atomic mass is 14.9. The third-order valence-electron chi connectivity index (χ3n) is 1.56. The minimum absolute atomic E-state index is 0.626. The normalized spacial score (nSPS) is 21.0. The highest BCUT2D eigenvalue weighted by Gasteiger charge is 2.02. The van der Waals surface area contributed by atoms with Gasteiger partial charge >= 0.3 is 0 Å². The van der Waals surface area contributed by atoms with E-state index in [4.69, 9.17) is 0 Å². The van der Waals surface area contributed by atoms with Crippen molar-refractivity contribution >= 4 is 5.71 Å². The Bertz CT molecular complexity index is 159. The van der Waals surface area contributed by atoms with Gasteiger partial charge in [-0.3, -0.25) is 4.99 Å². The third-order valence-corrected chi connectivity index (χ3v) is 1.56. The first-order valence-corrected chi connectivity index (χ1v) is 4.69. The van der Waals surface area contributed by atoms with Gasteiger partial charge in [-0.1, -0.05) is 26.8 Å². The van der Waals surface area contributed by atoms with E-state index in [0.717, 1.165) is 13.1 Å². The SMILES string of the molecule is CC.CNCC1=NCC(C)C=C1. The van der Waals surface area contributed by atoms with Crippen molar-refractivity contribution in [1.82, 2.24) is 5.32 Å². The fourth-order valence-electron chi connectivity index (χ4n) is 0.946. The molecule has 1 heterocycles. The van der Waals surface area contributed by atoms with Gasteiger partial charge in [-0.25, -0.2) is 0 Å². The zero-order valence-corrected chi connectivity index (χ0v) is 8.59. The minimum atomic E-state index is 0.626. The lowest BCUT2D eigenvalue weighted by Crippen LogP contribution is -2.20. The third kappa shape index (κ3) is 4.29. The zero-order chi connectivity index (χ0) is 9.40. The molecule has 12 heavy (non-hydrogen) atoms. The summed E-state index contributed by atoms with van der Waals surface area (Å²) in [5.74, 6) is 0.626. The molecule has 0 aromatic carbocycles. The Morgan fingerprint density at radius 3 is 2.67 bits per heavy atom. The van der Waals surface area contributed by atoms with Crippen LogP contribution in [0, 0.1) is 5.92 Å². The van der Waals surface area contributed by atoms with E-state index in [1.807, 2.05) is 20.9 Å². The molecule has 1 aliphatic heterocycles. The smallest absolute Gasteiger partial charge is 0.0483 e. The summed E-state index contributed by atoms with van der Waals surface area (Å²) < 4.78 is 0. The van der Waals surface area contributed by atoms with Gasteiger partial charge in [0.1, 0.15) is 0 Å². The maximum absolute atomic E-state index is 4.37. The maximum Gasteiger partial charge on any atom is 0.0483 e. The summed E-state index contributed by atoms with van der Waals surface area (Å²) >= 11 is 0. The summed E-state index contributed by atoms with van der Waals surface area (Å²) in [6, 6.07) is 0. The molecule has 1 aliphatic rings. The van der Waals surface area contributed by atoms with Crippen LogP contribution in [0.3, 0.4) is 0 Å². The van der Waals surface area contributed by atoms with Crippen molar-refractivity contribution in [2.24, 2.45) is 10.9 Å². The average Bonchev–Trinajstić information content (AvgIpc) is 2.13. The first kappa shape index (κ1) is 11.4. The number of aliphatic imine (C=N–C) groups is 1. The predicted octanol–water partition coefficient (Wildman–Crippen LogP) is 1.88. The van der Waals surface area contributed by atoms with E-state index in [9.17, 15) is 0 Å². The average molecular weight is 168 g/mol. The Morgan fingerprint density at radius 2 is 2.25 bits per heavy atom. The van der Waals surface area contributed by atoms with Crippen molar-refractivity contribution < 1.29 is 0 Å². The van der Waals surface area contributed by atoms with Crippen LogP contribution in [0.15, 0.2) is 17.1 Å². The van der Waals surface area contributed by atoms with Crippen LogP contribution >= 0.6 is 0 Å². The van der Waals surface area contributed by atoms with Gasteiger partial charge in [-0.2, -0.15) is 0 Å². The molecule has 0 amide bonds. The predicted molar refractivity (Wildman–Crippen MR) is 55.9 cm³/mol.